The number of phenols is 1. The minimum atomic E-state index is -1.14. The predicted molar refractivity (Wildman–Crippen MR) is 75.1 cm³/mol. The second kappa shape index (κ2) is 5.58. The van der Waals surface area contributed by atoms with Crippen molar-refractivity contribution in [3.63, 3.8) is 0 Å². The molecule has 0 spiro atoms. The molecule has 0 atom stereocenters. The molecular formula is C14H14N2O5. The summed E-state index contributed by atoms with van der Waals surface area (Å²) in [6.07, 6.45) is 1.40. The molecule has 0 fully saturated rings. The number of aromatic hydroxyl groups is 1. The van der Waals surface area contributed by atoms with Gasteiger partial charge in [0.15, 0.2) is 11.5 Å². The van der Waals surface area contributed by atoms with Crippen LogP contribution in [0.5, 0.6) is 11.5 Å². The molecule has 7 nitrogen and oxygen atoms in total. The first kappa shape index (κ1) is 14.4. The fraction of sp³-hybridized carbons (Fsp3) is 0.143. The minimum Gasteiger partial charge on any atom is -0.504 e. The molecule has 2 aromatic rings. The van der Waals surface area contributed by atoms with Gasteiger partial charge in [-0.05, 0) is 25.1 Å². The van der Waals surface area contributed by atoms with Crippen molar-refractivity contribution >= 4 is 17.6 Å². The van der Waals surface area contributed by atoms with Crippen LogP contribution in [0, 0.1) is 6.92 Å². The monoisotopic (exact) mass is 290 g/mol. The normalized spacial score (nSPS) is 10.2. The first-order chi connectivity index (χ1) is 9.93. The van der Waals surface area contributed by atoms with Crippen LogP contribution in [0.3, 0.4) is 0 Å². The van der Waals surface area contributed by atoms with Gasteiger partial charge in [0, 0.05) is 17.5 Å². The summed E-state index contributed by atoms with van der Waals surface area (Å²) in [5, 5.41) is 21.2. The summed E-state index contributed by atoms with van der Waals surface area (Å²) >= 11 is 0. The second-order valence-electron chi connectivity index (χ2n) is 4.35. The molecule has 110 valence electrons. The molecule has 0 saturated heterocycles. The molecule has 1 amide bonds. The van der Waals surface area contributed by atoms with E-state index in [0.717, 1.165) is 0 Å². The van der Waals surface area contributed by atoms with Crippen LogP contribution in [0.25, 0.3) is 0 Å². The maximum atomic E-state index is 12.1. The smallest absolute Gasteiger partial charge is 0.339 e. The van der Waals surface area contributed by atoms with Gasteiger partial charge in [0.05, 0.1) is 12.8 Å². The number of hydrogen-bond donors (Lipinski definition) is 4. The highest BCUT2D eigenvalue weighted by Gasteiger charge is 2.18. The predicted octanol–water partition coefficient (Wildman–Crippen LogP) is 1.99. The Bertz CT molecular complexity index is 705. The van der Waals surface area contributed by atoms with Gasteiger partial charge in [0.1, 0.15) is 5.56 Å². The van der Waals surface area contributed by atoms with E-state index in [2.05, 4.69) is 10.3 Å². The number of carboxylic acids is 1. The van der Waals surface area contributed by atoms with Gasteiger partial charge in [0.2, 0.25) is 0 Å². The van der Waals surface area contributed by atoms with Crippen molar-refractivity contribution in [1.82, 2.24) is 4.98 Å². The molecule has 0 saturated carbocycles. The molecular weight excluding hydrogens is 276 g/mol. The lowest BCUT2D eigenvalue weighted by atomic mass is 10.1. The van der Waals surface area contributed by atoms with Crippen molar-refractivity contribution < 1.29 is 24.5 Å². The number of aromatic carboxylic acids is 1. The molecule has 1 heterocycles. The van der Waals surface area contributed by atoms with Gasteiger partial charge in [0.25, 0.3) is 5.91 Å². The number of carbonyl (C=O) groups is 2. The fourth-order valence-electron chi connectivity index (χ4n) is 1.93. The SMILES string of the molecule is COc1ccc(C(=O)Nc2c[nH]c(C)c2C(=O)O)cc1O. The summed E-state index contributed by atoms with van der Waals surface area (Å²) in [5.74, 6) is -1.60. The van der Waals surface area contributed by atoms with Crippen molar-refractivity contribution in [1.29, 1.82) is 0 Å². The number of aromatic nitrogens is 1. The van der Waals surface area contributed by atoms with E-state index in [1.165, 1.54) is 31.5 Å². The Morgan fingerprint density at radius 2 is 2.05 bits per heavy atom. The zero-order valence-electron chi connectivity index (χ0n) is 11.4. The summed E-state index contributed by atoms with van der Waals surface area (Å²) in [6, 6.07) is 4.16. The average Bonchev–Trinajstić information content (AvgIpc) is 2.79. The van der Waals surface area contributed by atoms with Gasteiger partial charge in [-0.25, -0.2) is 4.79 Å². The number of nitrogens with one attached hydrogen (secondary N) is 2. The van der Waals surface area contributed by atoms with E-state index in [0.29, 0.717) is 5.69 Å². The lowest BCUT2D eigenvalue weighted by molar-refractivity contribution is 0.0697. The Morgan fingerprint density at radius 1 is 1.33 bits per heavy atom. The first-order valence-corrected chi connectivity index (χ1v) is 6.03. The van der Waals surface area contributed by atoms with Crippen molar-refractivity contribution in [3.8, 4) is 11.5 Å². The quantitative estimate of drug-likeness (QED) is 0.688. The van der Waals surface area contributed by atoms with Crippen LogP contribution in [0.1, 0.15) is 26.4 Å². The van der Waals surface area contributed by atoms with Crippen LogP contribution in [0.2, 0.25) is 0 Å². The van der Waals surface area contributed by atoms with E-state index < -0.39 is 11.9 Å². The zero-order chi connectivity index (χ0) is 15.6. The third kappa shape index (κ3) is 2.81. The number of methoxy groups -OCH3 is 1. The topological polar surface area (TPSA) is 112 Å². The molecule has 0 aliphatic heterocycles. The van der Waals surface area contributed by atoms with Crippen LogP contribution in [0.4, 0.5) is 5.69 Å². The Balaban J connectivity index is 2.26. The van der Waals surface area contributed by atoms with Crippen LogP contribution >= 0.6 is 0 Å². The number of aryl methyl sites for hydroxylation is 1. The minimum absolute atomic E-state index is 0.00100. The van der Waals surface area contributed by atoms with Crippen LogP contribution in [0.15, 0.2) is 24.4 Å². The van der Waals surface area contributed by atoms with E-state index in [4.69, 9.17) is 9.84 Å². The maximum Gasteiger partial charge on any atom is 0.339 e. The summed E-state index contributed by atoms with van der Waals surface area (Å²) in [5.41, 5.74) is 0.792. The first-order valence-electron chi connectivity index (χ1n) is 6.03. The molecule has 0 aliphatic carbocycles. The zero-order valence-corrected chi connectivity index (χ0v) is 11.4. The Hall–Kier alpha value is -2.96. The number of benzene rings is 1. The standard InChI is InChI=1S/C14H14N2O5/c1-7-12(14(19)20)9(6-15-7)16-13(18)8-3-4-11(21-2)10(17)5-8/h3-6,15,17H,1-2H3,(H,16,18)(H,19,20). The fourth-order valence-corrected chi connectivity index (χ4v) is 1.93. The van der Waals surface area contributed by atoms with Gasteiger partial charge >= 0.3 is 5.97 Å². The number of ether oxygens (including phenoxy) is 1. The summed E-state index contributed by atoms with van der Waals surface area (Å²) in [7, 11) is 1.40. The van der Waals surface area contributed by atoms with Gasteiger partial charge in [-0.15, -0.1) is 0 Å². The van der Waals surface area contributed by atoms with Crippen LogP contribution < -0.4 is 10.1 Å². The molecule has 0 bridgehead atoms. The third-order valence-corrected chi connectivity index (χ3v) is 2.98. The number of H-pyrrole nitrogens is 1. The van der Waals surface area contributed by atoms with Crippen molar-refractivity contribution in [2.24, 2.45) is 0 Å². The number of carboxylic acid groups (broad SMARTS) is 1. The van der Waals surface area contributed by atoms with Crippen LogP contribution in [-0.4, -0.2) is 34.2 Å². The summed E-state index contributed by atoms with van der Waals surface area (Å²) in [4.78, 5) is 26.0. The lowest BCUT2D eigenvalue weighted by Gasteiger charge is -2.07. The number of aromatic amines is 1. The Kier molecular flexibility index (Phi) is 3.84. The second-order valence-corrected chi connectivity index (χ2v) is 4.35. The van der Waals surface area contributed by atoms with E-state index in [-0.39, 0.29) is 28.3 Å². The van der Waals surface area contributed by atoms with Gasteiger partial charge in [-0.1, -0.05) is 0 Å². The molecule has 21 heavy (non-hydrogen) atoms. The Labute approximate surface area is 120 Å². The number of hydrogen-bond acceptors (Lipinski definition) is 4. The molecule has 0 unspecified atom stereocenters. The van der Waals surface area contributed by atoms with E-state index in [1.54, 1.807) is 6.92 Å². The maximum absolute atomic E-state index is 12.1. The lowest BCUT2D eigenvalue weighted by Crippen LogP contribution is -2.14. The highest BCUT2D eigenvalue weighted by Crippen LogP contribution is 2.27. The van der Waals surface area contributed by atoms with Gasteiger partial charge in [-0.3, -0.25) is 4.79 Å². The van der Waals surface area contributed by atoms with Crippen molar-refractivity contribution in [2.45, 2.75) is 6.92 Å². The van der Waals surface area contributed by atoms with Gasteiger partial charge in [-0.2, -0.15) is 0 Å². The van der Waals surface area contributed by atoms with E-state index in [1.807, 2.05) is 0 Å². The van der Waals surface area contributed by atoms with E-state index in [9.17, 15) is 14.7 Å². The molecule has 2 rings (SSSR count). The highest BCUT2D eigenvalue weighted by atomic mass is 16.5. The number of phenolic OH excluding ortho intramolecular Hbond substituents is 1. The van der Waals surface area contributed by atoms with Crippen molar-refractivity contribution in [2.75, 3.05) is 12.4 Å². The average molecular weight is 290 g/mol. The largest absolute Gasteiger partial charge is 0.504 e. The summed E-state index contributed by atoms with van der Waals surface area (Å²) in [6.45, 7) is 1.60. The molecule has 0 aliphatic rings. The Morgan fingerprint density at radius 3 is 2.62 bits per heavy atom. The van der Waals surface area contributed by atoms with Gasteiger partial charge < -0.3 is 25.3 Å². The van der Waals surface area contributed by atoms with E-state index >= 15 is 0 Å². The number of amides is 1. The molecule has 7 heteroatoms. The number of carbonyl (C=O) groups excluding carboxylic acids is 1. The molecule has 1 aromatic carbocycles. The summed E-state index contributed by atoms with van der Waals surface area (Å²) < 4.78 is 4.89. The molecule has 1 aromatic heterocycles. The van der Waals surface area contributed by atoms with Crippen molar-refractivity contribution in [3.05, 3.63) is 41.2 Å². The molecule has 4 N–H and O–H groups in total. The number of rotatable bonds is 4. The highest BCUT2D eigenvalue weighted by molar-refractivity contribution is 6.08. The third-order valence-electron chi connectivity index (χ3n) is 2.98. The van der Waals surface area contributed by atoms with Crippen LogP contribution in [-0.2, 0) is 0 Å². The number of anilines is 1. The molecule has 0 radical (unpaired) electrons.